The van der Waals surface area contributed by atoms with Crippen molar-refractivity contribution in [2.24, 2.45) is 4.99 Å². The lowest BCUT2D eigenvalue weighted by atomic mass is 9.89. The quantitative estimate of drug-likeness (QED) is 0.388. The average Bonchev–Trinajstić information content (AvgIpc) is 3.31. The second-order valence-electron chi connectivity index (χ2n) is 9.49. The fraction of sp³-hybridized carbons (Fsp3) is 0.652. The third-order valence-corrected chi connectivity index (χ3v) is 11.1. The van der Waals surface area contributed by atoms with Gasteiger partial charge in [-0.15, -0.1) is 0 Å². The van der Waals surface area contributed by atoms with Crippen LogP contribution in [0.25, 0.3) is 0 Å². The Kier molecular flexibility index (Phi) is 6.88. The third kappa shape index (κ3) is 3.77. The molecule has 1 aliphatic carbocycles. The molecule has 1 saturated heterocycles. The Morgan fingerprint density at radius 1 is 1.06 bits per heavy atom. The zero-order chi connectivity index (χ0) is 23.2. The van der Waals surface area contributed by atoms with Crippen LogP contribution in [0, 0.1) is 0 Å². The average molecular weight is 525 g/mol. The smallest absolute Gasteiger partial charge is 0.333 e. The summed E-state index contributed by atoms with van der Waals surface area (Å²) in [5, 5.41) is 0. The minimum absolute atomic E-state index is 0.103. The topological polar surface area (TPSA) is 65.5 Å². The van der Waals surface area contributed by atoms with Crippen LogP contribution in [0.5, 0.6) is 0 Å². The SMILES string of the molecule is COC(=O)[C@@H]1N=CN(P2(=O)N(C(C)C)[C@@H]3CCCC[C@H]3N2C(C)C)[C@H]1c1ccc(Br)cc1. The maximum Gasteiger partial charge on any atom is 0.333 e. The summed E-state index contributed by atoms with van der Waals surface area (Å²) < 4.78 is 27.8. The number of carbonyl (C=O) groups is 1. The van der Waals surface area contributed by atoms with Crippen molar-refractivity contribution in [2.75, 3.05) is 7.11 Å². The van der Waals surface area contributed by atoms with Gasteiger partial charge in [-0.3, -0.25) is 14.2 Å². The number of carbonyl (C=O) groups excluding carboxylic acids is 1. The summed E-state index contributed by atoms with van der Waals surface area (Å²) >= 11 is 3.49. The van der Waals surface area contributed by atoms with Gasteiger partial charge in [0.15, 0.2) is 6.04 Å². The maximum absolute atomic E-state index is 15.4. The Morgan fingerprint density at radius 2 is 1.59 bits per heavy atom. The highest BCUT2D eigenvalue weighted by Crippen LogP contribution is 2.69. The largest absolute Gasteiger partial charge is 0.467 e. The molecule has 176 valence electrons. The van der Waals surface area contributed by atoms with Crippen molar-refractivity contribution >= 4 is 35.8 Å². The Morgan fingerprint density at radius 3 is 2.06 bits per heavy atom. The minimum Gasteiger partial charge on any atom is -0.467 e. The number of benzene rings is 1. The molecule has 0 amide bonds. The van der Waals surface area contributed by atoms with E-state index in [1.165, 1.54) is 7.11 Å². The lowest BCUT2D eigenvalue weighted by molar-refractivity contribution is -0.142. The van der Waals surface area contributed by atoms with Crippen LogP contribution >= 0.6 is 23.5 Å². The Hall–Kier alpha value is -1.21. The van der Waals surface area contributed by atoms with E-state index in [4.69, 9.17) is 4.74 Å². The molecule has 2 heterocycles. The molecule has 7 nitrogen and oxygen atoms in total. The van der Waals surface area contributed by atoms with Crippen molar-refractivity contribution in [1.29, 1.82) is 0 Å². The lowest BCUT2D eigenvalue weighted by Gasteiger charge is -2.43. The molecule has 9 heteroatoms. The summed E-state index contributed by atoms with van der Waals surface area (Å²) in [4.78, 5) is 17.3. The Balaban J connectivity index is 1.86. The van der Waals surface area contributed by atoms with E-state index in [0.29, 0.717) is 0 Å². The Labute approximate surface area is 199 Å². The van der Waals surface area contributed by atoms with Crippen LogP contribution in [0.3, 0.4) is 0 Å². The highest BCUT2D eigenvalue weighted by Gasteiger charge is 2.62. The van der Waals surface area contributed by atoms with Gasteiger partial charge in [-0.2, -0.15) is 0 Å². The predicted octanol–water partition coefficient (Wildman–Crippen LogP) is 5.23. The number of hydrogen-bond acceptors (Lipinski definition) is 4. The van der Waals surface area contributed by atoms with Crippen molar-refractivity contribution in [3.8, 4) is 0 Å². The summed E-state index contributed by atoms with van der Waals surface area (Å²) in [7, 11) is -1.86. The van der Waals surface area contributed by atoms with Gasteiger partial charge in [-0.25, -0.2) is 14.1 Å². The minimum atomic E-state index is -3.25. The molecule has 1 saturated carbocycles. The van der Waals surface area contributed by atoms with Gasteiger partial charge in [-0.05, 0) is 58.2 Å². The summed E-state index contributed by atoms with van der Waals surface area (Å²) in [6.45, 7) is 8.51. The van der Waals surface area contributed by atoms with E-state index in [-0.39, 0.29) is 24.2 Å². The van der Waals surface area contributed by atoms with Crippen molar-refractivity contribution in [1.82, 2.24) is 14.0 Å². The molecule has 1 aromatic carbocycles. The first-order valence-corrected chi connectivity index (χ1v) is 13.9. The number of esters is 1. The molecule has 2 aliphatic heterocycles. The first-order valence-electron chi connectivity index (χ1n) is 11.5. The lowest BCUT2D eigenvalue weighted by Crippen LogP contribution is -2.43. The molecule has 1 aromatic rings. The first kappa shape index (κ1) is 23.9. The molecule has 0 bridgehead atoms. The number of fused-ring (bicyclic) bond motifs is 1. The summed E-state index contributed by atoms with van der Waals surface area (Å²) in [5.41, 5.74) is 0.901. The molecular weight excluding hydrogens is 491 g/mol. The highest BCUT2D eigenvalue weighted by atomic mass is 79.9. The van der Waals surface area contributed by atoms with Gasteiger partial charge >= 0.3 is 13.6 Å². The maximum atomic E-state index is 15.4. The summed E-state index contributed by atoms with van der Waals surface area (Å²) in [6, 6.07) is 7.30. The van der Waals surface area contributed by atoms with E-state index in [1.54, 1.807) is 6.34 Å². The van der Waals surface area contributed by atoms with Crippen LogP contribution in [0.2, 0.25) is 0 Å². The number of ether oxygens (including phenoxy) is 1. The summed E-state index contributed by atoms with van der Waals surface area (Å²) in [6.07, 6.45) is 6.06. The fourth-order valence-electron chi connectivity index (χ4n) is 5.79. The van der Waals surface area contributed by atoms with Gasteiger partial charge < -0.3 is 4.74 Å². The van der Waals surface area contributed by atoms with E-state index < -0.39 is 25.6 Å². The molecule has 2 fully saturated rings. The number of hydrogen-bond donors (Lipinski definition) is 0. The highest BCUT2D eigenvalue weighted by molar-refractivity contribution is 9.10. The van der Waals surface area contributed by atoms with Crippen LogP contribution in [-0.4, -0.2) is 63.6 Å². The summed E-state index contributed by atoms with van der Waals surface area (Å²) in [5.74, 6) is -0.410. The predicted molar refractivity (Wildman–Crippen MR) is 131 cm³/mol. The monoisotopic (exact) mass is 524 g/mol. The molecular formula is C23H34BrN4O3P. The van der Waals surface area contributed by atoms with Crippen LogP contribution in [0.15, 0.2) is 33.7 Å². The van der Waals surface area contributed by atoms with E-state index in [0.717, 1.165) is 35.7 Å². The normalized spacial score (nSPS) is 30.3. The molecule has 0 N–H and O–H groups in total. The third-order valence-electron chi connectivity index (χ3n) is 6.92. The van der Waals surface area contributed by atoms with E-state index in [9.17, 15) is 4.79 Å². The van der Waals surface area contributed by atoms with Crippen LogP contribution < -0.4 is 0 Å². The zero-order valence-electron chi connectivity index (χ0n) is 19.5. The molecule has 0 radical (unpaired) electrons. The molecule has 4 atom stereocenters. The number of halogens is 1. The van der Waals surface area contributed by atoms with Gasteiger partial charge in [0.1, 0.15) is 0 Å². The van der Waals surface area contributed by atoms with Gasteiger partial charge in [-0.1, -0.05) is 40.9 Å². The van der Waals surface area contributed by atoms with E-state index in [1.807, 2.05) is 28.9 Å². The molecule has 32 heavy (non-hydrogen) atoms. The molecule has 0 unspecified atom stereocenters. The van der Waals surface area contributed by atoms with Crippen LogP contribution in [0.4, 0.5) is 0 Å². The Bertz CT molecular complexity index is 894. The van der Waals surface area contributed by atoms with Crippen molar-refractivity contribution in [2.45, 2.75) is 89.6 Å². The van der Waals surface area contributed by atoms with Crippen molar-refractivity contribution < 1.29 is 14.1 Å². The van der Waals surface area contributed by atoms with E-state index in [2.05, 4.69) is 58.0 Å². The second kappa shape index (κ2) is 9.21. The fourth-order valence-corrected chi connectivity index (χ4v) is 10.1. The van der Waals surface area contributed by atoms with Gasteiger partial charge in [0, 0.05) is 28.6 Å². The standard InChI is InChI=1S/C23H34BrN4O3P/c1-15(2)27-19-8-6-7-9-20(19)28(16(3)4)32(27,30)26-14-25-21(23(29)31-5)22(26)17-10-12-18(24)13-11-17/h10-16,19-22H,6-9H2,1-5H3/t19-,20-,21-,22+/m1/s1. The molecule has 3 aliphatic rings. The molecule has 4 rings (SSSR count). The molecule has 0 spiro atoms. The van der Waals surface area contributed by atoms with E-state index >= 15 is 4.57 Å². The van der Waals surface area contributed by atoms with Crippen molar-refractivity contribution in [3.63, 3.8) is 0 Å². The number of nitrogens with zero attached hydrogens (tertiary/aromatic N) is 4. The van der Waals surface area contributed by atoms with Gasteiger partial charge in [0.25, 0.3) is 0 Å². The van der Waals surface area contributed by atoms with Gasteiger partial charge in [0.05, 0.1) is 19.5 Å². The van der Waals surface area contributed by atoms with Crippen LogP contribution in [-0.2, 0) is 14.1 Å². The molecule has 0 aromatic heterocycles. The number of methoxy groups -OCH3 is 1. The second-order valence-corrected chi connectivity index (χ2v) is 12.8. The van der Waals surface area contributed by atoms with Crippen LogP contribution in [0.1, 0.15) is 65.0 Å². The number of aliphatic imine (C=N–C) groups is 1. The van der Waals surface area contributed by atoms with Gasteiger partial charge in [0.2, 0.25) is 0 Å². The first-order chi connectivity index (χ1) is 15.2. The van der Waals surface area contributed by atoms with Crippen molar-refractivity contribution in [3.05, 3.63) is 34.3 Å². The number of rotatable bonds is 5. The zero-order valence-corrected chi connectivity index (χ0v) is 22.0.